The summed E-state index contributed by atoms with van der Waals surface area (Å²) >= 11 is 0. The summed E-state index contributed by atoms with van der Waals surface area (Å²) in [5.41, 5.74) is -1.35. The second kappa shape index (κ2) is 24.7. The second-order valence-corrected chi connectivity index (χ2v) is 11.1. The fraction of sp³-hybridized carbons (Fsp3) is 0.421. The molecule has 0 fully saturated rings. The molecule has 0 radical (unpaired) electrons. The van der Waals surface area contributed by atoms with Crippen LogP contribution in [0, 0.1) is 0 Å². The fourth-order valence-electron chi connectivity index (χ4n) is 4.38. The highest BCUT2D eigenvalue weighted by atomic mass is 19.4. The van der Waals surface area contributed by atoms with Gasteiger partial charge in [0.05, 0.1) is 5.56 Å². The number of carbonyl (C=O) groups excluding carboxylic acids is 3. The fourth-order valence-corrected chi connectivity index (χ4v) is 4.38. The minimum absolute atomic E-state index is 0.0167. The van der Waals surface area contributed by atoms with Crippen LogP contribution in [0.1, 0.15) is 99.5 Å². The van der Waals surface area contributed by atoms with E-state index in [0.717, 1.165) is 50.7 Å². The van der Waals surface area contributed by atoms with Gasteiger partial charge in [-0.2, -0.15) is 13.2 Å². The van der Waals surface area contributed by atoms with Crippen molar-refractivity contribution in [3.05, 3.63) is 108 Å². The summed E-state index contributed by atoms with van der Waals surface area (Å²) in [6, 6.07) is 1.04. The van der Waals surface area contributed by atoms with Gasteiger partial charge in [-0.05, 0) is 88.5 Å². The van der Waals surface area contributed by atoms with Crippen molar-refractivity contribution in [1.82, 2.24) is 10.6 Å². The Morgan fingerprint density at radius 2 is 1.33 bits per heavy atom. The zero-order valence-corrected chi connectivity index (χ0v) is 27.9. The number of aliphatic carboxylic acids is 1. The third kappa shape index (κ3) is 19.9. The van der Waals surface area contributed by atoms with Crippen LogP contribution in [0.4, 0.5) is 13.2 Å². The van der Waals surface area contributed by atoms with E-state index >= 15 is 0 Å². The lowest BCUT2D eigenvalue weighted by molar-refractivity contribution is -0.139. The Morgan fingerprint density at radius 1 is 0.812 bits per heavy atom. The van der Waals surface area contributed by atoms with Crippen molar-refractivity contribution >= 4 is 23.6 Å². The van der Waals surface area contributed by atoms with Crippen molar-refractivity contribution in [1.29, 1.82) is 0 Å². The van der Waals surface area contributed by atoms with Gasteiger partial charge < -0.3 is 15.7 Å². The summed E-state index contributed by atoms with van der Waals surface area (Å²) in [6.07, 6.45) is 26.8. The van der Waals surface area contributed by atoms with E-state index < -0.39 is 41.9 Å². The largest absolute Gasteiger partial charge is 0.480 e. The van der Waals surface area contributed by atoms with E-state index in [1.807, 2.05) is 12.2 Å². The number of ketones is 1. The number of rotatable bonds is 23. The van der Waals surface area contributed by atoms with E-state index in [-0.39, 0.29) is 42.8 Å². The number of benzene rings is 1. The molecule has 1 unspecified atom stereocenters. The van der Waals surface area contributed by atoms with Crippen LogP contribution in [0.3, 0.4) is 0 Å². The van der Waals surface area contributed by atoms with Crippen molar-refractivity contribution < 1.29 is 37.5 Å². The van der Waals surface area contributed by atoms with Crippen molar-refractivity contribution in [2.75, 3.05) is 6.54 Å². The Bertz CT molecular complexity index is 1340. The Labute approximate surface area is 282 Å². The topological polar surface area (TPSA) is 113 Å². The molecule has 262 valence electrons. The Balaban J connectivity index is 2.31. The van der Waals surface area contributed by atoms with E-state index in [1.165, 1.54) is 6.92 Å². The predicted molar refractivity (Wildman–Crippen MR) is 184 cm³/mol. The number of alkyl halides is 3. The SMILES string of the molecule is CC/C=C\C/C=C\C/C=C\C/C=C\C/C=C\C/C=C\CCC(=O)NCCCC(NC(=O)c1ccc(C(F)(F)F)cc1CC(C)=O)C(=O)O. The van der Waals surface area contributed by atoms with Crippen LogP contribution < -0.4 is 10.6 Å². The number of Topliss-reactive ketones (excluding diaryl/α,β-unsaturated/α-hetero) is 1. The van der Waals surface area contributed by atoms with Gasteiger partial charge in [0.15, 0.2) is 0 Å². The van der Waals surface area contributed by atoms with Gasteiger partial charge >= 0.3 is 12.1 Å². The molecular weight excluding hydrogens is 621 g/mol. The molecule has 1 rings (SSSR count). The molecule has 0 heterocycles. The Hall–Kier alpha value is -4.47. The maximum absolute atomic E-state index is 13.1. The molecule has 7 nitrogen and oxygen atoms in total. The molecule has 0 aliphatic heterocycles. The highest BCUT2D eigenvalue weighted by molar-refractivity contribution is 5.99. The molecule has 0 saturated heterocycles. The lowest BCUT2D eigenvalue weighted by Crippen LogP contribution is -2.41. The van der Waals surface area contributed by atoms with Gasteiger partial charge in [0.25, 0.3) is 5.91 Å². The molecule has 10 heteroatoms. The molecule has 48 heavy (non-hydrogen) atoms. The summed E-state index contributed by atoms with van der Waals surface area (Å²) < 4.78 is 39.4. The molecule has 1 aromatic rings. The molecule has 3 N–H and O–H groups in total. The Kier molecular flexibility index (Phi) is 21.4. The zero-order chi connectivity index (χ0) is 35.6. The maximum atomic E-state index is 13.1. The molecule has 0 bridgehead atoms. The van der Waals surface area contributed by atoms with Crippen molar-refractivity contribution in [3.63, 3.8) is 0 Å². The monoisotopic (exact) mass is 670 g/mol. The van der Waals surface area contributed by atoms with Gasteiger partial charge in [0.2, 0.25) is 5.91 Å². The number of allylic oxidation sites excluding steroid dienone is 12. The van der Waals surface area contributed by atoms with Crippen molar-refractivity contribution in [2.24, 2.45) is 0 Å². The summed E-state index contributed by atoms with van der Waals surface area (Å²) in [7, 11) is 0. The zero-order valence-electron chi connectivity index (χ0n) is 27.9. The highest BCUT2D eigenvalue weighted by Gasteiger charge is 2.32. The number of carboxylic acids is 1. The smallest absolute Gasteiger partial charge is 0.416 e. The predicted octanol–water partition coefficient (Wildman–Crippen LogP) is 8.39. The number of nitrogens with one attached hydrogen (secondary N) is 2. The van der Waals surface area contributed by atoms with Crippen LogP contribution in [0.25, 0.3) is 0 Å². The molecule has 1 atom stereocenters. The van der Waals surface area contributed by atoms with Crippen molar-refractivity contribution in [3.8, 4) is 0 Å². The summed E-state index contributed by atoms with van der Waals surface area (Å²) in [5, 5.41) is 14.6. The average Bonchev–Trinajstić information content (AvgIpc) is 3.02. The van der Waals surface area contributed by atoms with Gasteiger partial charge in [-0.1, -0.05) is 79.8 Å². The molecule has 0 aliphatic carbocycles. The van der Waals surface area contributed by atoms with E-state index in [4.69, 9.17) is 0 Å². The number of carboxylic acid groups (broad SMARTS) is 1. The molecule has 2 amide bonds. The van der Waals surface area contributed by atoms with E-state index in [0.29, 0.717) is 12.5 Å². The minimum Gasteiger partial charge on any atom is -0.480 e. The standard InChI is InChI=1S/C38H49F3N2O5/c1-3-4-5-6-7-8-9-10-11-12-13-14-15-16-17-18-19-20-21-24-35(45)42-27-22-23-34(37(47)48)43-36(46)33-26-25-32(38(39,40)41)29-31(33)28-30(2)44/h4-5,7-8,10-11,13-14,16-17,19-20,25-26,29,34H,3,6,9,12,15,18,21-24,27-28H2,1-2H3,(H,42,45)(H,43,46)(H,47,48)/b5-4-,8-7-,11-10-,14-13-,17-16-,20-19-. The van der Waals surface area contributed by atoms with E-state index in [1.54, 1.807) is 0 Å². The van der Waals surface area contributed by atoms with Gasteiger partial charge in [0.1, 0.15) is 11.8 Å². The molecule has 0 aromatic heterocycles. The third-order valence-electron chi connectivity index (χ3n) is 6.85. The van der Waals surface area contributed by atoms with Crippen LogP contribution in [0.2, 0.25) is 0 Å². The third-order valence-corrected chi connectivity index (χ3v) is 6.85. The number of halogens is 3. The minimum atomic E-state index is -4.66. The van der Waals surface area contributed by atoms with Crippen LogP contribution in [-0.4, -0.2) is 41.3 Å². The number of hydrogen-bond acceptors (Lipinski definition) is 4. The van der Waals surface area contributed by atoms with Gasteiger partial charge in [-0.25, -0.2) is 4.79 Å². The van der Waals surface area contributed by atoms with Crippen LogP contribution >= 0.6 is 0 Å². The van der Waals surface area contributed by atoms with E-state index in [2.05, 4.69) is 78.3 Å². The number of hydrogen-bond donors (Lipinski definition) is 3. The summed E-state index contributed by atoms with van der Waals surface area (Å²) in [6.45, 7) is 3.50. The van der Waals surface area contributed by atoms with Gasteiger partial charge in [-0.3, -0.25) is 14.4 Å². The van der Waals surface area contributed by atoms with E-state index in [9.17, 15) is 37.5 Å². The molecular formula is C38H49F3N2O5. The Morgan fingerprint density at radius 3 is 1.81 bits per heavy atom. The quantitative estimate of drug-likeness (QED) is 0.0800. The summed E-state index contributed by atoms with van der Waals surface area (Å²) in [5.74, 6) is -2.86. The van der Waals surface area contributed by atoms with Gasteiger partial charge in [-0.15, -0.1) is 0 Å². The molecule has 0 aliphatic rings. The first-order chi connectivity index (χ1) is 23.0. The first-order valence-corrected chi connectivity index (χ1v) is 16.4. The normalized spacial score (nSPS) is 13.1. The lowest BCUT2D eigenvalue weighted by Gasteiger charge is -2.17. The molecule has 0 spiro atoms. The van der Waals surface area contributed by atoms with Crippen LogP contribution in [0.5, 0.6) is 0 Å². The second-order valence-electron chi connectivity index (χ2n) is 11.1. The van der Waals surface area contributed by atoms with Crippen molar-refractivity contribution in [2.45, 2.75) is 96.7 Å². The van der Waals surface area contributed by atoms with Crippen LogP contribution in [-0.2, 0) is 27.0 Å². The maximum Gasteiger partial charge on any atom is 0.416 e. The summed E-state index contributed by atoms with van der Waals surface area (Å²) in [4.78, 5) is 48.2. The molecule has 0 saturated carbocycles. The first kappa shape index (κ1) is 41.6. The van der Waals surface area contributed by atoms with Crippen LogP contribution in [0.15, 0.2) is 91.1 Å². The number of carbonyl (C=O) groups is 4. The lowest BCUT2D eigenvalue weighted by atomic mass is 9.98. The average molecular weight is 671 g/mol. The first-order valence-electron chi connectivity index (χ1n) is 16.4. The van der Waals surface area contributed by atoms with Gasteiger partial charge in [0, 0.05) is 24.9 Å². The number of amides is 2. The molecule has 1 aromatic carbocycles. The highest BCUT2D eigenvalue weighted by Crippen LogP contribution is 2.31.